The van der Waals surface area contributed by atoms with Gasteiger partial charge in [-0.1, -0.05) is 33.8 Å². The Morgan fingerprint density at radius 3 is 2.29 bits per heavy atom. The maximum atomic E-state index is 4.81. The Morgan fingerprint density at radius 2 is 1.67 bits per heavy atom. The first-order valence-corrected chi connectivity index (χ1v) is 8.40. The van der Waals surface area contributed by atoms with Crippen LogP contribution in [0.4, 0.5) is 0 Å². The Hall–Kier alpha value is -2.50. The highest BCUT2D eigenvalue weighted by atomic mass is 15.4. The average Bonchev–Trinajstić information content (AvgIpc) is 3.22. The van der Waals surface area contributed by atoms with Gasteiger partial charge in [0.25, 0.3) is 0 Å². The van der Waals surface area contributed by atoms with Crippen molar-refractivity contribution in [3.63, 3.8) is 0 Å². The molecule has 0 aliphatic heterocycles. The summed E-state index contributed by atoms with van der Waals surface area (Å²) in [6, 6.07) is 5.84. The van der Waals surface area contributed by atoms with Crippen molar-refractivity contribution >= 4 is 0 Å². The Morgan fingerprint density at radius 1 is 0.875 bits per heavy atom. The molecule has 0 saturated heterocycles. The van der Waals surface area contributed by atoms with Crippen molar-refractivity contribution in [2.45, 2.75) is 52.5 Å². The zero-order chi connectivity index (χ0) is 17.3. The first-order chi connectivity index (χ1) is 11.5. The van der Waals surface area contributed by atoms with E-state index in [9.17, 15) is 0 Å². The van der Waals surface area contributed by atoms with E-state index < -0.39 is 0 Å². The zero-order valence-electron chi connectivity index (χ0n) is 14.9. The van der Waals surface area contributed by atoms with Crippen LogP contribution in [0.1, 0.15) is 70.0 Å². The fraction of sp³-hybridized carbons (Fsp3) is 0.444. The molecule has 0 fully saturated rings. The van der Waals surface area contributed by atoms with Crippen molar-refractivity contribution in [1.29, 1.82) is 0 Å². The van der Waals surface area contributed by atoms with Gasteiger partial charge in [0, 0.05) is 30.4 Å². The molecule has 0 aliphatic rings. The summed E-state index contributed by atoms with van der Waals surface area (Å²) in [5, 5.41) is 4.69. The topological polar surface area (TPSA) is 61.4 Å². The second kappa shape index (κ2) is 6.55. The standard InChI is InChI=1S/C18H24N6/c1-12(2)16-21-18(24(22-16)15-8-6-7-9-19-15)14(5)23-11-10-20-17(23)13(3)4/h6-14H,1-5H3/t14-/m0/s1. The third-order valence-electron chi connectivity index (χ3n) is 4.04. The number of nitrogens with zero attached hydrogens (tertiary/aromatic N) is 6. The van der Waals surface area contributed by atoms with E-state index in [1.165, 1.54) is 0 Å². The van der Waals surface area contributed by atoms with Crippen molar-refractivity contribution < 1.29 is 0 Å². The fourth-order valence-electron chi connectivity index (χ4n) is 2.73. The smallest absolute Gasteiger partial charge is 0.157 e. The summed E-state index contributed by atoms with van der Waals surface area (Å²) in [6.07, 6.45) is 5.63. The lowest BCUT2D eigenvalue weighted by Gasteiger charge is -2.18. The van der Waals surface area contributed by atoms with Crippen molar-refractivity contribution in [2.75, 3.05) is 0 Å². The normalized spacial score (nSPS) is 13.0. The minimum Gasteiger partial charge on any atom is -0.324 e. The molecule has 1 atom stereocenters. The molecule has 0 aromatic carbocycles. The Labute approximate surface area is 142 Å². The van der Waals surface area contributed by atoms with E-state index in [1.54, 1.807) is 6.20 Å². The molecule has 3 aromatic heterocycles. The van der Waals surface area contributed by atoms with Gasteiger partial charge in [-0.3, -0.25) is 0 Å². The molecule has 3 aromatic rings. The van der Waals surface area contributed by atoms with Gasteiger partial charge in [-0.2, -0.15) is 4.68 Å². The zero-order valence-corrected chi connectivity index (χ0v) is 14.9. The molecule has 0 radical (unpaired) electrons. The highest BCUT2D eigenvalue weighted by Gasteiger charge is 2.23. The Kier molecular flexibility index (Phi) is 4.46. The number of imidazole rings is 1. The first kappa shape index (κ1) is 16.4. The van der Waals surface area contributed by atoms with Crippen LogP contribution in [0.25, 0.3) is 5.82 Å². The maximum Gasteiger partial charge on any atom is 0.157 e. The number of hydrogen-bond donors (Lipinski definition) is 0. The van der Waals surface area contributed by atoms with Gasteiger partial charge < -0.3 is 4.57 Å². The summed E-state index contributed by atoms with van der Waals surface area (Å²) in [4.78, 5) is 13.7. The molecular formula is C18H24N6. The van der Waals surface area contributed by atoms with Gasteiger partial charge in [0.05, 0.1) is 6.04 Å². The van der Waals surface area contributed by atoms with E-state index in [2.05, 4.69) is 49.2 Å². The molecule has 0 saturated carbocycles. The molecule has 24 heavy (non-hydrogen) atoms. The molecule has 0 amide bonds. The molecule has 3 rings (SSSR count). The molecule has 0 spiro atoms. The van der Waals surface area contributed by atoms with Gasteiger partial charge in [0.2, 0.25) is 0 Å². The van der Waals surface area contributed by atoms with Crippen molar-refractivity contribution in [2.24, 2.45) is 0 Å². The molecule has 0 N–H and O–H groups in total. The lowest BCUT2D eigenvalue weighted by molar-refractivity contribution is 0.537. The largest absolute Gasteiger partial charge is 0.324 e. The molecular weight excluding hydrogens is 300 g/mol. The van der Waals surface area contributed by atoms with Gasteiger partial charge in [0.1, 0.15) is 5.82 Å². The third-order valence-corrected chi connectivity index (χ3v) is 4.04. The third kappa shape index (κ3) is 2.96. The number of hydrogen-bond acceptors (Lipinski definition) is 4. The number of aromatic nitrogens is 6. The van der Waals surface area contributed by atoms with Gasteiger partial charge >= 0.3 is 0 Å². The van der Waals surface area contributed by atoms with Crippen molar-refractivity contribution in [3.05, 3.63) is 54.3 Å². The number of rotatable bonds is 5. The fourth-order valence-corrected chi connectivity index (χ4v) is 2.73. The summed E-state index contributed by atoms with van der Waals surface area (Å²) in [7, 11) is 0. The molecule has 6 nitrogen and oxygen atoms in total. The highest BCUT2D eigenvalue weighted by Crippen LogP contribution is 2.25. The Bertz CT molecular complexity index is 800. The second-order valence-electron chi connectivity index (χ2n) is 6.61. The average molecular weight is 324 g/mol. The van der Waals surface area contributed by atoms with Crippen LogP contribution in [-0.4, -0.2) is 29.3 Å². The first-order valence-electron chi connectivity index (χ1n) is 8.40. The lowest BCUT2D eigenvalue weighted by Crippen LogP contribution is -2.16. The molecule has 126 valence electrons. The van der Waals surface area contributed by atoms with Gasteiger partial charge in [-0.25, -0.2) is 15.0 Å². The van der Waals surface area contributed by atoms with Gasteiger partial charge in [0.15, 0.2) is 17.5 Å². The van der Waals surface area contributed by atoms with Crippen LogP contribution >= 0.6 is 0 Å². The van der Waals surface area contributed by atoms with Crippen LogP contribution < -0.4 is 0 Å². The minimum atomic E-state index is 0.0203. The summed E-state index contributed by atoms with van der Waals surface area (Å²) < 4.78 is 4.02. The predicted octanol–water partition coefficient (Wildman–Crippen LogP) is 3.71. The quantitative estimate of drug-likeness (QED) is 0.717. The minimum absolute atomic E-state index is 0.0203. The predicted molar refractivity (Wildman–Crippen MR) is 93.4 cm³/mol. The maximum absolute atomic E-state index is 4.81. The van der Waals surface area contributed by atoms with Crippen LogP contribution in [0, 0.1) is 0 Å². The van der Waals surface area contributed by atoms with Gasteiger partial charge in [-0.15, -0.1) is 5.10 Å². The van der Waals surface area contributed by atoms with E-state index >= 15 is 0 Å². The molecule has 0 unspecified atom stereocenters. The van der Waals surface area contributed by atoms with Crippen LogP contribution in [0.5, 0.6) is 0 Å². The van der Waals surface area contributed by atoms with Crippen molar-refractivity contribution in [1.82, 2.24) is 29.3 Å². The van der Waals surface area contributed by atoms with E-state index in [-0.39, 0.29) is 12.0 Å². The van der Waals surface area contributed by atoms with Crippen LogP contribution in [0.3, 0.4) is 0 Å². The summed E-state index contributed by atoms with van der Waals surface area (Å²) in [5.74, 6) is 4.13. The lowest BCUT2D eigenvalue weighted by atomic mass is 10.2. The van der Waals surface area contributed by atoms with E-state index in [0.29, 0.717) is 5.92 Å². The molecule has 0 bridgehead atoms. The van der Waals surface area contributed by atoms with Crippen LogP contribution in [-0.2, 0) is 0 Å². The molecule has 3 heterocycles. The Balaban J connectivity index is 2.11. The molecule has 0 aliphatic carbocycles. The highest BCUT2D eigenvalue weighted by molar-refractivity contribution is 5.24. The summed E-state index contributed by atoms with van der Waals surface area (Å²) in [6.45, 7) is 10.6. The van der Waals surface area contributed by atoms with E-state index in [1.807, 2.05) is 35.3 Å². The van der Waals surface area contributed by atoms with Crippen LogP contribution in [0.15, 0.2) is 36.8 Å². The van der Waals surface area contributed by atoms with E-state index in [4.69, 9.17) is 10.1 Å². The second-order valence-corrected chi connectivity index (χ2v) is 6.61. The number of pyridine rings is 1. The van der Waals surface area contributed by atoms with Crippen molar-refractivity contribution in [3.8, 4) is 5.82 Å². The van der Waals surface area contributed by atoms with Crippen LogP contribution in [0.2, 0.25) is 0 Å². The van der Waals surface area contributed by atoms with Gasteiger partial charge in [-0.05, 0) is 19.1 Å². The summed E-state index contributed by atoms with van der Waals surface area (Å²) in [5.41, 5.74) is 0. The summed E-state index contributed by atoms with van der Waals surface area (Å²) >= 11 is 0. The SMILES string of the molecule is CC(C)c1nc([C@H](C)n2ccnc2C(C)C)n(-c2ccccn2)n1. The molecule has 6 heteroatoms. The monoisotopic (exact) mass is 324 g/mol. The van der Waals surface area contributed by atoms with E-state index in [0.717, 1.165) is 23.3 Å².